The monoisotopic (exact) mass is 248 g/mol. The number of para-hydroxylation sites is 1. The third kappa shape index (κ3) is 7.82. The first-order chi connectivity index (χ1) is 6.20. The Morgan fingerprint density at radius 3 is 1.85 bits per heavy atom. The van der Waals surface area contributed by atoms with Gasteiger partial charge in [0.15, 0.2) is 0 Å². The molecule has 0 saturated heterocycles. The van der Waals surface area contributed by atoms with Crippen molar-refractivity contribution in [2.45, 2.75) is 0 Å². The summed E-state index contributed by atoms with van der Waals surface area (Å²) in [6.07, 6.45) is 0. The van der Waals surface area contributed by atoms with Gasteiger partial charge in [-0.25, -0.2) is 4.81 Å². The van der Waals surface area contributed by atoms with Gasteiger partial charge in [0.1, 0.15) is 0 Å². The van der Waals surface area contributed by atoms with Crippen LogP contribution in [0.1, 0.15) is 0 Å². The van der Waals surface area contributed by atoms with Crippen molar-refractivity contribution in [3.8, 4) is 5.75 Å². The summed E-state index contributed by atoms with van der Waals surface area (Å²) in [6, 6.07) is 9.86. The molecule has 0 aliphatic carbocycles. The van der Waals surface area contributed by atoms with Crippen molar-refractivity contribution in [1.29, 1.82) is 0 Å². The molecule has 0 heterocycles. The van der Waals surface area contributed by atoms with E-state index in [2.05, 4.69) is 4.81 Å². The molecule has 7 heteroatoms. The first kappa shape index (κ1) is 12.5. The molecule has 0 fully saturated rings. The first-order valence-electron chi connectivity index (χ1n) is 3.46. The van der Waals surface area contributed by atoms with E-state index in [1.807, 2.05) is 30.3 Å². The van der Waals surface area contributed by atoms with Crippen molar-refractivity contribution in [2.24, 2.45) is 0 Å². The van der Waals surface area contributed by atoms with Gasteiger partial charge in [0, 0.05) is 0 Å². The summed E-state index contributed by atoms with van der Waals surface area (Å²) in [7, 11) is -2.06. The van der Waals surface area contributed by atoms with Gasteiger partial charge in [-0.1, -0.05) is 0 Å². The van der Waals surface area contributed by atoms with Crippen LogP contribution in [0.4, 0.5) is 0 Å². The zero-order chi connectivity index (χ0) is 10.1. The van der Waals surface area contributed by atoms with Crippen LogP contribution in [0.5, 0.6) is 5.75 Å². The maximum atomic E-state index is 7.44. The fourth-order valence-electron chi connectivity index (χ4n) is 0.557. The predicted octanol–water partition coefficient (Wildman–Crippen LogP) is -1.21. The average Bonchev–Trinajstić information content (AvgIpc) is 2.20. The molecular weight excluding hydrogens is 235 g/mol. The molecule has 1 rings (SSSR count). The summed E-state index contributed by atoms with van der Waals surface area (Å²) in [6.45, 7) is 0. The van der Waals surface area contributed by atoms with E-state index in [4.69, 9.17) is 19.1 Å². The van der Waals surface area contributed by atoms with Crippen molar-refractivity contribution in [1.82, 2.24) is 0 Å². The van der Waals surface area contributed by atoms with Crippen LogP contribution in [-0.4, -0.2) is 39.5 Å². The maximum absolute atomic E-state index is 7.44. The fourth-order valence-corrected chi connectivity index (χ4v) is 1.13. The minimum absolute atomic E-state index is 0.467. The van der Waals surface area contributed by atoms with Crippen LogP contribution in [0.25, 0.3) is 0 Å². The Kier molecular flexibility index (Phi) is 7.75. The van der Waals surface area contributed by atoms with Gasteiger partial charge in [-0.05, 0) is 0 Å². The van der Waals surface area contributed by atoms with Gasteiger partial charge in [-0.15, -0.1) is 0 Å². The third-order valence-corrected chi connectivity index (χ3v) is 2.06. The molecule has 0 unspecified atom stereocenters. The van der Waals surface area contributed by atoms with Gasteiger partial charge >= 0.3 is 64.0 Å². The van der Waals surface area contributed by atoms with Crippen LogP contribution < -0.4 is 3.76 Å². The standard InChI is InChI=1S/C6H8GeO.BH3O4/c7-8-6-4-2-1-3-5-6;2-1(3)5-4/h1-5H,7H3;2-4H. The van der Waals surface area contributed by atoms with E-state index >= 15 is 0 Å². The second-order valence-corrected chi connectivity index (χ2v) is 2.81. The fraction of sp³-hybridized carbons (Fsp3) is 0. The molecular formula is C6H11BGeO5. The molecule has 0 saturated carbocycles. The topological polar surface area (TPSA) is 79.2 Å². The molecule has 0 aliphatic rings. The van der Waals surface area contributed by atoms with E-state index in [9.17, 15) is 0 Å². The Bertz CT molecular complexity index is 207. The van der Waals surface area contributed by atoms with Crippen molar-refractivity contribution in [2.75, 3.05) is 0 Å². The SMILES string of the molecule is OOB(O)O.[GeH3][O]c1ccccc1. The van der Waals surface area contributed by atoms with Crippen LogP contribution in [-0.2, 0) is 4.81 Å². The molecule has 3 N–H and O–H groups in total. The molecule has 5 nitrogen and oxygen atoms in total. The molecule has 13 heavy (non-hydrogen) atoms. The van der Waals surface area contributed by atoms with Gasteiger partial charge in [-0.2, -0.15) is 0 Å². The normalized spacial score (nSPS) is 8.54. The minimum atomic E-state index is -2.06. The summed E-state index contributed by atoms with van der Waals surface area (Å²) in [4.78, 5) is 2.86. The van der Waals surface area contributed by atoms with Crippen molar-refractivity contribution >= 4 is 24.2 Å². The Balaban J connectivity index is 0.000000252. The quantitative estimate of drug-likeness (QED) is 0.347. The Morgan fingerprint density at radius 1 is 1.15 bits per heavy atom. The molecule has 0 aliphatic heterocycles. The van der Waals surface area contributed by atoms with Gasteiger partial charge in [0.2, 0.25) is 0 Å². The van der Waals surface area contributed by atoms with Gasteiger partial charge in [0.05, 0.1) is 0 Å². The molecule has 0 radical (unpaired) electrons. The van der Waals surface area contributed by atoms with E-state index < -0.39 is 7.32 Å². The van der Waals surface area contributed by atoms with Crippen LogP contribution >= 0.6 is 0 Å². The number of hydrogen-bond acceptors (Lipinski definition) is 5. The van der Waals surface area contributed by atoms with Crippen molar-refractivity contribution in [3.63, 3.8) is 0 Å². The van der Waals surface area contributed by atoms with E-state index in [0.29, 0.717) is 16.9 Å². The Labute approximate surface area is 84.6 Å². The van der Waals surface area contributed by atoms with E-state index in [-0.39, 0.29) is 0 Å². The summed E-state index contributed by atoms with van der Waals surface area (Å²) in [5.41, 5.74) is 0. The molecule has 0 atom stereocenters. The number of rotatable bonds is 2. The summed E-state index contributed by atoms with van der Waals surface area (Å²) < 4.78 is 5.10. The molecule has 72 valence electrons. The predicted molar refractivity (Wildman–Crippen MR) is 50.9 cm³/mol. The Hall–Kier alpha value is -0.532. The van der Waals surface area contributed by atoms with E-state index in [1.54, 1.807) is 0 Å². The first-order valence-corrected chi connectivity index (χ1v) is 5.17. The van der Waals surface area contributed by atoms with Crippen LogP contribution in [0.15, 0.2) is 30.3 Å². The second-order valence-electron chi connectivity index (χ2n) is 1.95. The van der Waals surface area contributed by atoms with Crippen LogP contribution in [0.2, 0.25) is 0 Å². The second kappa shape index (κ2) is 8.08. The third-order valence-electron chi connectivity index (χ3n) is 1.07. The van der Waals surface area contributed by atoms with Gasteiger partial charge in [-0.3, -0.25) is 5.26 Å². The molecule has 1 aromatic rings. The number of benzene rings is 1. The Morgan fingerprint density at radius 2 is 1.62 bits per heavy atom. The summed E-state index contributed by atoms with van der Waals surface area (Å²) in [5, 5.41) is 22.0. The van der Waals surface area contributed by atoms with Crippen LogP contribution in [0.3, 0.4) is 0 Å². The van der Waals surface area contributed by atoms with Crippen molar-refractivity contribution in [3.05, 3.63) is 30.3 Å². The zero-order valence-electron chi connectivity index (χ0n) is 7.12. The molecule has 1 aromatic carbocycles. The van der Waals surface area contributed by atoms with Crippen molar-refractivity contribution < 1.29 is 23.9 Å². The molecule has 0 spiro atoms. The van der Waals surface area contributed by atoms with E-state index in [0.717, 1.165) is 5.75 Å². The number of hydrogen-bond donors (Lipinski definition) is 3. The average molecular weight is 247 g/mol. The molecule has 0 bridgehead atoms. The van der Waals surface area contributed by atoms with E-state index in [1.165, 1.54) is 0 Å². The van der Waals surface area contributed by atoms with Crippen LogP contribution in [0, 0.1) is 0 Å². The molecule has 0 amide bonds. The zero-order valence-corrected chi connectivity index (χ0v) is 11.3. The molecule has 0 aromatic heterocycles. The van der Waals surface area contributed by atoms with Gasteiger partial charge < -0.3 is 10.0 Å². The summed E-state index contributed by atoms with van der Waals surface area (Å²) in [5.74, 6) is 0.993. The van der Waals surface area contributed by atoms with Gasteiger partial charge in [0.25, 0.3) is 0 Å². The summed E-state index contributed by atoms with van der Waals surface area (Å²) >= 11 is 0.467.